The van der Waals surface area contributed by atoms with Gasteiger partial charge >= 0.3 is 0 Å². The smallest absolute Gasteiger partial charge is 0.226 e. The van der Waals surface area contributed by atoms with Crippen LogP contribution in [0.2, 0.25) is 0 Å². The minimum atomic E-state index is -1.63. The van der Waals surface area contributed by atoms with Crippen LogP contribution in [0, 0.1) is 45.3 Å². The monoisotopic (exact) mass is 849 g/mol. The summed E-state index contributed by atoms with van der Waals surface area (Å²) in [6.45, 7) is 31.0. The number of likely N-dealkylation sites (tertiary alicyclic amines) is 3. The fraction of sp³-hybridized carbons (Fsp3) is 0.915. The summed E-state index contributed by atoms with van der Waals surface area (Å²) < 4.78 is 28.3. The second-order valence-corrected chi connectivity index (χ2v) is 28.0. The first-order valence-electron chi connectivity index (χ1n) is 23.2. The topological polar surface area (TPSA) is 99.3 Å². The molecule has 1 N–H and O–H groups in total. The average molecular weight is 849 g/mol. The Labute approximate surface area is 355 Å². The largest absolute Gasteiger partial charge is 0.372 e. The lowest BCUT2D eigenvalue weighted by atomic mass is 9.58. The molecule has 0 atom stereocenters. The molecule has 0 radical (unpaired) electrons. The van der Waals surface area contributed by atoms with Crippen molar-refractivity contribution in [1.82, 2.24) is 20.0 Å². The molecule has 0 bridgehead atoms. The van der Waals surface area contributed by atoms with Crippen LogP contribution in [0.1, 0.15) is 127 Å². The average Bonchev–Trinajstić information content (AvgIpc) is 3.56. The molecule has 10 aliphatic rings. The van der Waals surface area contributed by atoms with E-state index in [9.17, 15) is 18.0 Å². The highest BCUT2D eigenvalue weighted by Crippen LogP contribution is 2.55. The highest BCUT2D eigenvalue weighted by molar-refractivity contribution is 8.01. The van der Waals surface area contributed by atoms with E-state index in [0.717, 1.165) is 125 Å². The summed E-state index contributed by atoms with van der Waals surface area (Å²) in [5.41, 5.74) is 1.43. The number of carbonyl (C=O) groups is 2. The standard InChI is InChI=1S/2C10H17NO.C10H18OS.C9H17NOS.C8H15NO/c1-7(2)8-5-10(6-8)3-4-11-9(10)12;1-8(2)11-6-10(7-11)5-3-4-9(10)12;1-8(2)9-4-10(5-9)6-12(3,11)7-10;1-8(2)10-4-9(5-10)6-12(3,11)7-9;1-7(2)9-5-8(6-9)3-4-10-8/h7-8H,3-6H2,1-2H3,(H,11,12);8H,3-7H2,1-2H3;8-9H,3-7H2,1-2H3;8H,3-7H2,1-2H3;7H,3-6H2,1-2H3. The van der Waals surface area contributed by atoms with Crippen molar-refractivity contribution in [3.63, 3.8) is 0 Å². The summed E-state index contributed by atoms with van der Waals surface area (Å²) in [6, 6.07) is 1.97. The van der Waals surface area contributed by atoms with Crippen molar-refractivity contribution in [3.8, 4) is 0 Å². The maximum Gasteiger partial charge on any atom is 0.226 e. The van der Waals surface area contributed by atoms with Crippen LogP contribution in [0.3, 0.4) is 0 Å². The Morgan fingerprint density at radius 1 is 0.621 bits per heavy atom. The van der Waals surface area contributed by atoms with E-state index < -0.39 is 19.0 Å². The summed E-state index contributed by atoms with van der Waals surface area (Å²) >= 11 is 0. The van der Waals surface area contributed by atoms with Gasteiger partial charge in [-0.3, -0.25) is 32.7 Å². The fourth-order valence-electron chi connectivity index (χ4n) is 11.9. The first kappa shape index (κ1) is 46.5. The summed E-state index contributed by atoms with van der Waals surface area (Å²) in [5, 5.41) is 2.93. The number of hydrogen-bond acceptors (Lipinski definition) is 8. The Morgan fingerprint density at radius 2 is 1.07 bits per heavy atom. The van der Waals surface area contributed by atoms with Crippen molar-refractivity contribution in [2.45, 2.75) is 151 Å². The summed E-state index contributed by atoms with van der Waals surface area (Å²) in [5.74, 6) is 15.2. The van der Waals surface area contributed by atoms with Crippen LogP contribution < -0.4 is 5.32 Å². The Balaban J connectivity index is 0.000000122. The molecule has 10 fully saturated rings. The minimum Gasteiger partial charge on any atom is -0.372 e. The van der Waals surface area contributed by atoms with Crippen LogP contribution in [0.5, 0.6) is 0 Å². The number of ketones is 1. The van der Waals surface area contributed by atoms with E-state index in [4.69, 9.17) is 4.74 Å². The van der Waals surface area contributed by atoms with E-state index in [1.807, 2.05) is 0 Å². The van der Waals surface area contributed by atoms with Gasteiger partial charge in [-0.2, -0.15) is 0 Å². The van der Waals surface area contributed by atoms with Gasteiger partial charge in [-0.15, -0.1) is 0 Å². The molecule has 3 saturated carbocycles. The molecular weight excluding hydrogens is 765 g/mol. The third-order valence-electron chi connectivity index (χ3n) is 16.1. The molecular formula is C47H84N4O5S2. The van der Waals surface area contributed by atoms with Gasteiger partial charge in [-0.05, 0) is 146 Å². The first-order chi connectivity index (χ1) is 26.8. The molecule has 9 nitrogen and oxygen atoms in total. The molecule has 334 valence electrons. The summed E-state index contributed by atoms with van der Waals surface area (Å²) in [4.78, 5) is 30.2. The zero-order valence-corrected chi connectivity index (χ0v) is 40.1. The van der Waals surface area contributed by atoms with Gasteiger partial charge in [0.1, 0.15) is 5.78 Å². The van der Waals surface area contributed by atoms with E-state index in [-0.39, 0.29) is 10.8 Å². The van der Waals surface area contributed by atoms with Gasteiger partial charge in [0.25, 0.3) is 0 Å². The van der Waals surface area contributed by atoms with Crippen molar-refractivity contribution in [2.24, 2.45) is 45.3 Å². The highest BCUT2D eigenvalue weighted by atomic mass is 32.2. The second kappa shape index (κ2) is 17.0. The Kier molecular flexibility index (Phi) is 13.6. The van der Waals surface area contributed by atoms with Gasteiger partial charge < -0.3 is 10.1 Å². The zero-order valence-electron chi connectivity index (χ0n) is 38.5. The zero-order chi connectivity index (χ0) is 42.7. The molecule has 7 heterocycles. The molecule has 5 spiro atoms. The van der Waals surface area contributed by atoms with Gasteiger partial charge in [0.15, 0.2) is 0 Å². The number of Topliss-reactive ketones (excluding diaryl/α,β-unsaturated/α-hetero) is 1. The van der Waals surface area contributed by atoms with Crippen molar-refractivity contribution in [1.29, 1.82) is 0 Å². The Bertz CT molecular complexity index is 1550. The predicted octanol–water partition coefficient (Wildman–Crippen LogP) is 6.07. The van der Waals surface area contributed by atoms with Gasteiger partial charge in [-0.25, -0.2) is 0 Å². The van der Waals surface area contributed by atoms with E-state index in [2.05, 4.69) is 101 Å². The van der Waals surface area contributed by atoms with Crippen molar-refractivity contribution in [3.05, 3.63) is 0 Å². The highest BCUT2D eigenvalue weighted by Gasteiger charge is 2.56. The Morgan fingerprint density at radius 3 is 1.43 bits per heavy atom. The predicted molar refractivity (Wildman–Crippen MR) is 245 cm³/mol. The second-order valence-electron chi connectivity index (χ2n) is 23.0. The number of carbonyl (C=O) groups excluding carboxylic acids is 2. The third-order valence-corrected chi connectivity index (χ3v) is 20.7. The normalized spacial score (nSPS) is 35.1. The van der Waals surface area contributed by atoms with E-state index in [0.29, 0.717) is 46.2 Å². The molecule has 0 aromatic carbocycles. The van der Waals surface area contributed by atoms with Crippen LogP contribution in [-0.4, -0.2) is 146 Å². The number of rotatable bonds is 5. The lowest BCUT2D eigenvalue weighted by molar-refractivity contribution is -0.227. The first-order valence-corrected chi connectivity index (χ1v) is 27.3. The Hall–Kier alpha value is -0.980. The number of ether oxygens (including phenoxy) is 1. The number of nitrogens with one attached hydrogen (secondary N) is 1. The van der Waals surface area contributed by atoms with Crippen molar-refractivity contribution < 1.29 is 22.7 Å². The van der Waals surface area contributed by atoms with Crippen LogP contribution in [0.25, 0.3) is 0 Å². The van der Waals surface area contributed by atoms with E-state index >= 15 is 0 Å². The number of amides is 1. The fourth-order valence-corrected chi connectivity index (χ4v) is 17.0. The van der Waals surface area contributed by atoms with Gasteiger partial charge in [0.05, 0.1) is 23.0 Å². The van der Waals surface area contributed by atoms with Crippen LogP contribution in [0.4, 0.5) is 0 Å². The van der Waals surface area contributed by atoms with E-state index in [1.54, 1.807) is 0 Å². The molecule has 7 aliphatic heterocycles. The van der Waals surface area contributed by atoms with Gasteiger partial charge in [0.2, 0.25) is 5.91 Å². The van der Waals surface area contributed by atoms with Crippen LogP contribution in [-0.2, 0) is 33.4 Å². The maximum absolute atomic E-state index is 11.5. The number of hydrogen-bond donors (Lipinski definition) is 1. The third kappa shape index (κ3) is 9.95. The van der Waals surface area contributed by atoms with E-state index in [1.165, 1.54) is 32.4 Å². The molecule has 11 heteroatoms. The van der Waals surface area contributed by atoms with Crippen LogP contribution >= 0.6 is 0 Å². The number of nitrogens with zero attached hydrogens (tertiary/aromatic N) is 3. The minimum absolute atomic E-state index is 0.0783. The molecule has 58 heavy (non-hydrogen) atoms. The summed E-state index contributed by atoms with van der Waals surface area (Å²) in [6.07, 6.45) is 10.4. The van der Waals surface area contributed by atoms with Gasteiger partial charge in [0, 0.05) is 105 Å². The lowest BCUT2D eigenvalue weighted by Crippen LogP contribution is -2.69. The molecule has 0 aromatic heterocycles. The SMILES string of the molecule is C=S1(=O)CC2(CC(C(C)C)C2)C1.C=S1(=O)CC2(CN(C(C)C)C2)C1.CC(C)C1CC2(CCNC2=O)C1.CC(C)N1CC2(CCCC2=O)C1.CC(C)N1CC2(CCO2)C1. The quantitative estimate of drug-likeness (QED) is 0.333. The molecule has 10 rings (SSSR count). The van der Waals surface area contributed by atoms with Crippen LogP contribution in [0.15, 0.2) is 0 Å². The lowest BCUT2D eigenvalue weighted by Gasteiger charge is -2.58. The van der Waals surface area contributed by atoms with Crippen molar-refractivity contribution >= 4 is 42.5 Å². The summed E-state index contributed by atoms with van der Waals surface area (Å²) in [7, 11) is -3.22. The van der Waals surface area contributed by atoms with Crippen molar-refractivity contribution in [2.75, 3.05) is 75.4 Å². The van der Waals surface area contributed by atoms with Gasteiger partial charge in [-0.1, -0.05) is 27.7 Å². The molecule has 1 amide bonds. The molecule has 0 aromatic rings. The maximum atomic E-state index is 11.5. The molecule has 7 saturated heterocycles. The molecule has 0 unspecified atom stereocenters. The molecule has 3 aliphatic carbocycles.